The van der Waals surface area contributed by atoms with E-state index in [0.717, 1.165) is 11.3 Å². The van der Waals surface area contributed by atoms with E-state index >= 15 is 0 Å². The normalized spacial score (nSPS) is 10.7. The van der Waals surface area contributed by atoms with Crippen LogP contribution in [-0.2, 0) is 0 Å². The second-order valence-electron chi connectivity index (χ2n) is 4.99. The monoisotopic (exact) mass is 287 g/mol. The number of rotatable bonds is 4. The number of nitro groups is 1. The maximum absolute atomic E-state index is 11.2. The molecule has 3 N–H and O–H groups in total. The first-order chi connectivity index (χ1) is 9.90. The van der Waals surface area contributed by atoms with Gasteiger partial charge in [0.2, 0.25) is 11.8 Å². The molecule has 2 rings (SSSR count). The number of anilines is 3. The van der Waals surface area contributed by atoms with Crippen LogP contribution < -0.4 is 11.1 Å². The van der Waals surface area contributed by atoms with Crippen LogP contribution in [0.3, 0.4) is 0 Å². The third-order valence-electron chi connectivity index (χ3n) is 3.09. The van der Waals surface area contributed by atoms with Gasteiger partial charge in [0.1, 0.15) is 5.69 Å². The van der Waals surface area contributed by atoms with Gasteiger partial charge in [0.25, 0.3) is 0 Å². The van der Waals surface area contributed by atoms with Crippen LogP contribution in [0.5, 0.6) is 0 Å². The van der Waals surface area contributed by atoms with Crippen LogP contribution in [0.2, 0.25) is 0 Å². The lowest BCUT2D eigenvalue weighted by Crippen LogP contribution is -2.08. The summed E-state index contributed by atoms with van der Waals surface area (Å²) in [7, 11) is 0. The Morgan fingerprint density at radius 3 is 2.57 bits per heavy atom. The van der Waals surface area contributed by atoms with Gasteiger partial charge in [-0.1, -0.05) is 32.0 Å². The molecule has 0 atom stereocenters. The number of para-hydroxylation sites is 1. The Bertz CT molecular complexity index is 685. The lowest BCUT2D eigenvalue weighted by Gasteiger charge is -2.14. The van der Waals surface area contributed by atoms with Crippen LogP contribution in [0, 0.1) is 17.0 Å². The number of hydrogen-bond acceptors (Lipinski definition) is 6. The molecule has 2 aromatic rings. The molecule has 1 aromatic heterocycles. The fourth-order valence-corrected chi connectivity index (χ4v) is 2.14. The summed E-state index contributed by atoms with van der Waals surface area (Å²) >= 11 is 0. The standard InChI is InChI=1S/C14H17N5O2/c1-8(2)10-6-4-5-7-11(10)17-13-12(19(20)21)9(3)16-14(15)18-13/h4-8H,1-3H3,(H3,15,16,17,18). The Hall–Kier alpha value is -2.70. The van der Waals surface area contributed by atoms with E-state index in [-0.39, 0.29) is 29.1 Å². The van der Waals surface area contributed by atoms with Gasteiger partial charge in [-0.2, -0.15) is 4.98 Å². The highest BCUT2D eigenvalue weighted by molar-refractivity contribution is 5.70. The molecule has 1 heterocycles. The van der Waals surface area contributed by atoms with E-state index in [1.807, 2.05) is 24.3 Å². The highest BCUT2D eigenvalue weighted by Gasteiger charge is 2.22. The molecule has 21 heavy (non-hydrogen) atoms. The van der Waals surface area contributed by atoms with E-state index in [4.69, 9.17) is 5.73 Å². The molecule has 0 bridgehead atoms. The number of hydrogen-bond donors (Lipinski definition) is 2. The smallest absolute Gasteiger partial charge is 0.332 e. The van der Waals surface area contributed by atoms with Gasteiger partial charge in [-0.3, -0.25) is 10.1 Å². The van der Waals surface area contributed by atoms with Crippen LogP contribution in [0.1, 0.15) is 31.0 Å². The number of aromatic nitrogens is 2. The van der Waals surface area contributed by atoms with Crippen molar-refractivity contribution in [1.82, 2.24) is 9.97 Å². The third kappa shape index (κ3) is 3.07. The van der Waals surface area contributed by atoms with E-state index in [9.17, 15) is 10.1 Å². The molecule has 7 heteroatoms. The summed E-state index contributed by atoms with van der Waals surface area (Å²) in [5.41, 5.74) is 7.48. The Kier molecular flexibility index (Phi) is 4.02. The van der Waals surface area contributed by atoms with E-state index < -0.39 is 4.92 Å². The Labute approximate surface area is 122 Å². The van der Waals surface area contributed by atoms with Crippen molar-refractivity contribution >= 4 is 23.1 Å². The van der Waals surface area contributed by atoms with Gasteiger partial charge < -0.3 is 11.1 Å². The first-order valence-electron chi connectivity index (χ1n) is 6.54. The molecule has 0 saturated heterocycles. The van der Waals surface area contributed by atoms with Crippen molar-refractivity contribution in [2.75, 3.05) is 11.1 Å². The Balaban J connectivity index is 2.52. The average Bonchev–Trinajstić information content (AvgIpc) is 2.37. The van der Waals surface area contributed by atoms with Crippen molar-refractivity contribution in [3.8, 4) is 0 Å². The van der Waals surface area contributed by atoms with Gasteiger partial charge >= 0.3 is 5.69 Å². The third-order valence-corrected chi connectivity index (χ3v) is 3.09. The molecular formula is C14H17N5O2. The van der Waals surface area contributed by atoms with E-state index in [2.05, 4.69) is 29.1 Å². The van der Waals surface area contributed by atoms with Crippen molar-refractivity contribution < 1.29 is 4.92 Å². The number of nitrogen functional groups attached to an aromatic ring is 1. The number of benzene rings is 1. The first-order valence-corrected chi connectivity index (χ1v) is 6.54. The molecule has 0 fully saturated rings. The van der Waals surface area contributed by atoms with Crippen LogP contribution in [0.25, 0.3) is 0 Å². The van der Waals surface area contributed by atoms with Gasteiger partial charge in [-0.25, -0.2) is 4.98 Å². The van der Waals surface area contributed by atoms with Crippen LogP contribution in [-0.4, -0.2) is 14.9 Å². The van der Waals surface area contributed by atoms with Crippen molar-refractivity contribution in [3.05, 3.63) is 45.6 Å². The number of nitrogens with one attached hydrogen (secondary N) is 1. The molecule has 0 radical (unpaired) electrons. The second kappa shape index (κ2) is 5.74. The van der Waals surface area contributed by atoms with Crippen LogP contribution >= 0.6 is 0 Å². The highest BCUT2D eigenvalue weighted by Crippen LogP contribution is 2.32. The topological polar surface area (TPSA) is 107 Å². The lowest BCUT2D eigenvalue weighted by molar-refractivity contribution is -0.385. The predicted molar refractivity (Wildman–Crippen MR) is 81.6 cm³/mol. The zero-order valence-electron chi connectivity index (χ0n) is 12.1. The van der Waals surface area contributed by atoms with Crippen LogP contribution in [0.15, 0.2) is 24.3 Å². The number of nitrogens with two attached hydrogens (primary N) is 1. The van der Waals surface area contributed by atoms with E-state index in [1.54, 1.807) is 0 Å². The molecule has 0 spiro atoms. The molecule has 1 aromatic carbocycles. The van der Waals surface area contributed by atoms with Crippen molar-refractivity contribution in [2.24, 2.45) is 0 Å². The SMILES string of the molecule is Cc1nc(N)nc(Nc2ccccc2C(C)C)c1[N+](=O)[O-]. The van der Waals surface area contributed by atoms with Crippen molar-refractivity contribution in [1.29, 1.82) is 0 Å². The van der Waals surface area contributed by atoms with Gasteiger partial charge in [-0.15, -0.1) is 0 Å². The highest BCUT2D eigenvalue weighted by atomic mass is 16.6. The molecule has 110 valence electrons. The Morgan fingerprint density at radius 2 is 1.95 bits per heavy atom. The quantitative estimate of drug-likeness (QED) is 0.660. The maximum Gasteiger partial charge on any atom is 0.332 e. The summed E-state index contributed by atoms with van der Waals surface area (Å²) in [5.74, 6) is 0.383. The predicted octanol–water partition coefficient (Wildman–Crippen LogP) is 3.14. The summed E-state index contributed by atoms with van der Waals surface area (Å²) in [6.07, 6.45) is 0. The fourth-order valence-electron chi connectivity index (χ4n) is 2.14. The van der Waals surface area contributed by atoms with Crippen molar-refractivity contribution in [3.63, 3.8) is 0 Å². The van der Waals surface area contributed by atoms with E-state index in [1.165, 1.54) is 6.92 Å². The minimum atomic E-state index is -0.505. The minimum absolute atomic E-state index is 0.00243. The maximum atomic E-state index is 11.2. The van der Waals surface area contributed by atoms with Gasteiger partial charge in [0.05, 0.1) is 4.92 Å². The number of aryl methyl sites for hydroxylation is 1. The minimum Gasteiger partial charge on any atom is -0.368 e. The van der Waals surface area contributed by atoms with E-state index in [0.29, 0.717) is 0 Å². The van der Waals surface area contributed by atoms with Crippen LogP contribution in [0.4, 0.5) is 23.1 Å². The number of nitrogens with zero attached hydrogens (tertiary/aromatic N) is 3. The largest absolute Gasteiger partial charge is 0.368 e. The molecule has 0 amide bonds. The Morgan fingerprint density at radius 1 is 1.29 bits per heavy atom. The molecular weight excluding hydrogens is 270 g/mol. The second-order valence-corrected chi connectivity index (χ2v) is 4.99. The van der Waals surface area contributed by atoms with Gasteiger partial charge in [0, 0.05) is 5.69 Å². The van der Waals surface area contributed by atoms with Gasteiger partial charge in [-0.05, 0) is 24.5 Å². The molecule has 0 aliphatic heterocycles. The molecule has 0 aliphatic carbocycles. The lowest BCUT2D eigenvalue weighted by atomic mass is 10.0. The molecule has 7 nitrogen and oxygen atoms in total. The summed E-state index contributed by atoms with van der Waals surface area (Å²) in [5, 5.41) is 14.2. The molecule has 0 unspecified atom stereocenters. The van der Waals surface area contributed by atoms with Gasteiger partial charge in [0.15, 0.2) is 0 Å². The zero-order chi connectivity index (χ0) is 15.6. The first kappa shape index (κ1) is 14.7. The summed E-state index contributed by atoms with van der Waals surface area (Å²) < 4.78 is 0. The fraction of sp³-hybridized carbons (Fsp3) is 0.286. The summed E-state index contributed by atoms with van der Waals surface area (Å²) in [4.78, 5) is 18.5. The van der Waals surface area contributed by atoms with Crippen molar-refractivity contribution in [2.45, 2.75) is 26.7 Å². The summed E-state index contributed by atoms with van der Waals surface area (Å²) in [6, 6.07) is 7.61. The average molecular weight is 287 g/mol. The molecule has 0 aliphatic rings. The molecule has 0 saturated carbocycles. The summed E-state index contributed by atoms with van der Waals surface area (Å²) in [6.45, 7) is 5.64. The zero-order valence-corrected chi connectivity index (χ0v) is 12.1.